The van der Waals surface area contributed by atoms with Crippen molar-refractivity contribution >= 4 is 23.3 Å². The highest BCUT2D eigenvalue weighted by Gasteiger charge is 2.12. The quantitative estimate of drug-likeness (QED) is 0.785. The van der Waals surface area contributed by atoms with Crippen molar-refractivity contribution in [2.45, 2.75) is 37.6 Å². The number of aryl methyl sites for hydroxylation is 2. The number of hydrogen-bond donors (Lipinski definition) is 1. The maximum Gasteiger partial charge on any atom is 0.170 e. The number of nitrogens with zero attached hydrogens (tertiary/aromatic N) is 2. The fourth-order valence-corrected chi connectivity index (χ4v) is 3.65. The molecule has 0 saturated heterocycles. The minimum Gasteiger partial charge on any atom is -0.309 e. The van der Waals surface area contributed by atoms with Crippen molar-refractivity contribution in [3.63, 3.8) is 0 Å². The van der Waals surface area contributed by atoms with Crippen molar-refractivity contribution in [1.29, 1.82) is 0 Å². The highest BCUT2D eigenvalue weighted by Crippen LogP contribution is 2.26. The molecule has 108 valence electrons. The molecule has 5 heteroatoms. The molecule has 0 aliphatic heterocycles. The lowest BCUT2D eigenvalue weighted by Crippen LogP contribution is -2.24. The lowest BCUT2D eigenvalue weighted by molar-refractivity contribution is 0.577. The molecule has 20 heavy (non-hydrogen) atoms. The highest BCUT2D eigenvalue weighted by atomic mass is 32.2. The number of thioether (sulfide) groups is 1. The molecule has 0 saturated carbocycles. The Bertz CT molecular complexity index is 522. The molecule has 1 aromatic heterocycles. The van der Waals surface area contributed by atoms with Crippen LogP contribution in [0.3, 0.4) is 0 Å². The van der Waals surface area contributed by atoms with E-state index in [1.807, 2.05) is 6.92 Å². The third kappa shape index (κ3) is 4.58. The summed E-state index contributed by atoms with van der Waals surface area (Å²) in [4.78, 5) is 4.41. The van der Waals surface area contributed by atoms with E-state index in [1.165, 1.54) is 22.7 Å². The van der Waals surface area contributed by atoms with Crippen LogP contribution in [0.4, 0.5) is 0 Å². The van der Waals surface area contributed by atoms with Crippen molar-refractivity contribution in [3.05, 3.63) is 41.2 Å². The Morgan fingerprint density at radius 3 is 2.60 bits per heavy atom. The monoisotopic (exact) mass is 307 g/mol. The van der Waals surface area contributed by atoms with E-state index < -0.39 is 0 Å². The molecular weight excluding hydrogens is 286 g/mol. The zero-order valence-corrected chi connectivity index (χ0v) is 13.9. The van der Waals surface area contributed by atoms with Gasteiger partial charge in [-0.2, -0.15) is 4.37 Å². The summed E-state index contributed by atoms with van der Waals surface area (Å²) in [7, 11) is 0. The lowest BCUT2D eigenvalue weighted by atomic mass is 10.1. The summed E-state index contributed by atoms with van der Waals surface area (Å²) in [6, 6.07) is 9.15. The van der Waals surface area contributed by atoms with E-state index in [9.17, 15) is 0 Å². The van der Waals surface area contributed by atoms with Gasteiger partial charge in [0.2, 0.25) is 0 Å². The third-order valence-corrected chi connectivity index (χ3v) is 5.02. The second-order valence-corrected chi connectivity index (χ2v) is 6.85. The van der Waals surface area contributed by atoms with Gasteiger partial charge in [0.1, 0.15) is 5.82 Å². The topological polar surface area (TPSA) is 37.8 Å². The fraction of sp³-hybridized carbons (Fsp3) is 0.467. The molecule has 0 spiro atoms. The summed E-state index contributed by atoms with van der Waals surface area (Å²) >= 11 is 3.27. The van der Waals surface area contributed by atoms with Crippen LogP contribution in [0.1, 0.15) is 36.3 Å². The van der Waals surface area contributed by atoms with Crippen LogP contribution in [0.15, 0.2) is 28.6 Å². The van der Waals surface area contributed by atoms with Crippen LogP contribution >= 0.6 is 23.3 Å². The molecule has 1 unspecified atom stereocenters. The van der Waals surface area contributed by atoms with Gasteiger partial charge >= 0.3 is 0 Å². The zero-order chi connectivity index (χ0) is 14.4. The predicted molar refractivity (Wildman–Crippen MR) is 87.6 cm³/mol. The normalized spacial score (nSPS) is 12.6. The Morgan fingerprint density at radius 2 is 2.00 bits per heavy atom. The fourth-order valence-electron chi connectivity index (χ4n) is 1.88. The zero-order valence-electron chi connectivity index (χ0n) is 12.2. The van der Waals surface area contributed by atoms with Gasteiger partial charge in [0.05, 0.1) is 0 Å². The standard InChI is InChI=1S/C15H21N3S2/c1-4-9-16-14(13-7-5-11(2)6-8-13)10-19-15-17-12(3)18-20-15/h5-8,14,16H,4,9-10H2,1-3H3. The first-order valence-corrected chi connectivity index (χ1v) is 8.68. The van der Waals surface area contributed by atoms with E-state index in [0.29, 0.717) is 6.04 Å². The summed E-state index contributed by atoms with van der Waals surface area (Å²) < 4.78 is 5.28. The predicted octanol–water partition coefficient (Wildman–Crippen LogP) is 3.99. The largest absolute Gasteiger partial charge is 0.309 e. The first-order valence-electron chi connectivity index (χ1n) is 6.92. The van der Waals surface area contributed by atoms with Gasteiger partial charge in [0.25, 0.3) is 0 Å². The number of nitrogens with one attached hydrogen (secondary N) is 1. The number of aromatic nitrogens is 2. The Hall–Kier alpha value is -0.910. The van der Waals surface area contributed by atoms with Crippen molar-refractivity contribution in [2.75, 3.05) is 12.3 Å². The molecule has 2 rings (SSSR count). The SMILES string of the molecule is CCCNC(CSc1nc(C)ns1)c1ccc(C)cc1. The van der Waals surface area contributed by atoms with Crippen LogP contribution in [0.25, 0.3) is 0 Å². The van der Waals surface area contributed by atoms with Crippen molar-refractivity contribution < 1.29 is 0 Å². The van der Waals surface area contributed by atoms with Gasteiger partial charge in [-0.05, 0) is 43.9 Å². The first kappa shape index (κ1) is 15.5. The summed E-state index contributed by atoms with van der Waals surface area (Å²) in [6.07, 6.45) is 1.14. The molecule has 0 radical (unpaired) electrons. The van der Waals surface area contributed by atoms with Crippen molar-refractivity contribution in [2.24, 2.45) is 0 Å². The molecule has 1 aromatic carbocycles. The van der Waals surface area contributed by atoms with Gasteiger partial charge in [0.15, 0.2) is 4.34 Å². The maximum absolute atomic E-state index is 4.41. The molecule has 1 atom stereocenters. The molecule has 3 nitrogen and oxygen atoms in total. The van der Waals surface area contributed by atoms with Crippen LogP contribution in [-0.4, -0.2) is 21.7 Å². The maximum atomic E-state index is 4.41. The van der Waals surface area contributed by atoms with Gasteiger partial charge in [-0.3, -0.25) is 0 Å². The Labute approximate surface area is 129 Å². The van der Waals surface area contributed by atoms with Gasteiger partial charge in [-0.15, -0.1) is 0 Å². The molecule has 0 bridgehead atoms. The van der Waals surface area contributed by atoms with Crippen LogP contribution in [0, 0.1) is 13.8 Å². The van der Waals surface area contributed by atoms with E-state index >= 15 is 0 Å². The summed E-state index contributed by atoms with van der Waals surface area (Å²) in [5, 5.41) is 3.62. The molecule has 0 aliphatic carbocycles. The average molecular weight is 307 g/mol. The smallest absolute Gasteiger partial charge is 0.170 e. The lowest BCUT2D eigenvalue weighted by Gasteiger charge is -2.18. The van der Waals surface area contributed by atoms with E-state index in [1.54, 1.807) is 11.8 Å². The number of hydrogen-bond acceptors (Lipinski definition) is 5. The molecule has 0 fully saturated rings. The van der Waals surface area contributed by atoms with Crippen LogP contribution in [0.5, 0.6) is 0 Å². The molecule has 1 N–H and O–H groups in total. The average Bonchev–Trinajstić information content (AvgIpc) is 2.86. The van der Waals surface area contributed by atoms with E-state index in [-0.39, 0.29) is 0 Å². The molecule has 0 aliphatic rings. The van der Waals surface area contributed by atoms with Crippen LogP contribution in [-0.2, 0) is 0 Å². The van der Waals surface area contributed by atoms with Gasteiger partial charge in [0, 0.05) is 11.8 Å². The van der Waals surface area contributed by atoms with Crippen molar-refractivity contribution in [1.82, 2.24) is 14.7 Å². The second kappa shape index (κ2) is 7.76. The van der Waals surface area contributed by atoms with Gasteiger partial charge in [-0.25, -0.2) is 4.98 Å². The molecule has 1 heterocycles. The summed E-state index contributed by atoms with van der Waals surface area (Å²) in [5.74, 6) is 1.85. The number of benzene rings is 1. The van der Waals surface area contributed by atoms with Gasteiger partial charge < -0.3 is 5.32 Å². The molecular formula is C15H21N3S2. The minimum atomic E-state index is 0.366. The van der Waals surface area contributed by atoms with Crippen LogP contribution < -0.4 is 5.32 Å². The van der Waals surface area contributed by atoms with Crippen LogP contribution in [0.2, 0.25) is 0 Å². The van der Waals surface area contributed by atoms with Gasteiger partial charge in [-0.1, -0.05) is 48.5 Å². The van der Waals surface area contributed by atoms with E-state index in [0.717, 1.165) is 28.9 Å². The second-order valence-electron chi connectivity index (χ2n) is 4.84. The summed E-state index contributed by atoms with van der Waals surface area (Å²) in [6.45, 7) is 7.29. The summed E-state index contributed by atoms with van der Waals surface area (Å²) in [5.41, 5.74) is 2.65. The Balaban J connectivity index is 2.01. The Morgan fingerprint density at radius 1 is 1.25 bits per heavy atom. The Kier molecular flexibility index (Phi) is 6.01. The van der Waals surface area contributed by atoms with Crippen molar-refractivity contribution in [3.8, 4) is 0 Å². The third-order valence-electron chi connectivity index (χ3n) is 3.00. The van der Waals surface area contributed by atoms with E-state index in [2.05, 4.69) is 52.8 Å². The number of rotatable bonds is 7. The molecule has 0 amide bonds. The molecule has 2 aromatic rings. The minimum absolute atomic E-state index is 0.366. The first-order chi connectivity index (χ1) is 9.69. The van der Waals surface area contributed by atoms with E-state index in [4.69, 9.17) is 0 Å². The highest BCUT2D eigenvalue weighted by molar-refractivity contribution is 8.00.